The largest absolute Gasteiger partial charge is 0.366 e. The molecule has 0 saturated heterocycles. The van der Waals surface area contributed by atoms with Gasteiger partial charge in [-0.05, 0) is 25.0 Å². The van der Waals surface area contributed by atoms with Crippen molar-refractivity contribution in [1.82, 2.24) is 4.57 Å². The first-order chi connectivity index (χ1) is 9.25. The lowest BCUT2D eigenvalue weighted by Gasteiger charge is -2.12. The molecular weight excluding hydrogens is 236 g/mol. The number of carbonyl (C=O) groups excluding carboxylic acids is 1. The number of nitrogens with two attached hydrogens (primary N) is 1. The molecule has 1 aromatic carbocycles. The molecule has 0 atom stereocenters. The molecule has 3 rings (SSSR count). The zero-order valence-corrected chi connectivity index (χ0v) is 10.9. The first-order valence-corrected chi connectivity index (χ1v) is 6.83. The molecule has 1 aromatic heterocycles. The molecule has 1 aliphatic rings. The smallest absolute Gasteiger partial charge is 0.241 e. The molecule has 98 valence electrons. The highest BCUT2D eigenvalue weighted by Gasteiger charge is 2.19. The molecule has 1 amide bonds. The Morgan fingerprint density at radius 1 is 1.26 bits per heavy atom. The van der Waals surface area contributed by atoms with E-state index in [1.54, 1.807) is 0 Å². The number of nitrogens with zero attached hydrogens (tertiary/aromatic N) is 1. The summed E-state index contributed by atoms with van der Waals surface area (Å²) in [7, 11) is 0. The van der Waals surface area contributed by atoms with Gasteiger partial charge in [-0.1, -0.05) is 31.0 Å². The van der Waals surface area contributed by atoms with Crippen LogP contribution in [0, 0.1) is 0 Å². The highest BCUT2D eigenvalue weighted by atomic mass is 16.1. The summed E-state index contributed by atoms with van der Waals surface area (Å²) in [6.45, 7) is 0. The molecule has 1 fully saturated rings. The van der Waals surface area contributed by atoms with Crippen LogP contribution in [0.3, 0.4) is 0 Å². The molecule has 3 heteroatoms. The van der Waals surface area contributed by atoms with Gasteiger partial charge in [0.1, 0.15) is 0 Å². The predicted octanol–water partition coefficient (Wildman–Crippen LogP) is 3.25. The minimum absolute atomic E-state index is 0.405. The average molecular weight is 254 g/mol. The van der Waals surface area contributed by atoms with E-state index < -0.39 is 5.91 Å². The lowest BCUT2D eigenvalue weighted by molar-refractivity contribution is -0.113. The van der Waals surface area contributed by atoms with Crippen LogP contribution < -0.4 is 5.73 Å². The summed E-state index contributed by atoms with van der Waals surface area (Å²) in [4.78, 5) is 10.9. The van der Waals surface area contributed by atoms with E-state index in [0.29, 0.717) is 6.04 Å². The Hall–Kier alpha value is -2.03. The van der Waals surface area contributed by atoms with Gasteiger partial charge in [-0.25, -0.2) is 0 Å². The van der Waals surface area contributed by atoms with Crippen molar-refractivity contribution in [3.05, 3.63) is 42.1 Å². The standard InChI is InChI=1S/C16H18N2O/c17-16(19)10-9-12-11-18(13-5-1-2-6-13)15-8-4-3-7-14(12)15/h3-4,7-11,13H,1-2,5-6H2,(H2,17,19)/b10-9-. The third-order valence-electron chi connectivity index (χ3n) is 3.92. The Labute approximate surface area is 112 Å². The minimum atomic E-state index is -0.405. The summed E-state index contributed by atoms with van der Waals surface area (Å²) in [6.07, 6.45) is 10.5. The maximum atomic E-state index is 10.9. The summed E-state index contributed by atoms with van der Waals surface area (Å²) in [5.74, 6) is -0.405. The highest BCUT2D eigenvalue weighted by molar-refractivity contribution is 5.95. The van der Waals surface area contributed by atoms with Crippen molar-refractivity contribution in [3.63, 3.8) is 0 Å². The average Bonchev–Trinajstić information content (AvgIpc) is 3.03. The van der Waals surface area contributed by atoms with E-state index in [1.807, 2.05) is 12.1 Å². The van der Waals surface area contributed by atoms with Crippen LogP contribution >= 0.6 is 0 Å². The summed E-state index contributed by atoms with van der Waals surface area (Å²) in [5, 5.41) is 1.19. The number of benzene rings is 1. The fraction of sp³-hybridized carbons (Fsp3) is 0.312. The van der Waals surface area contributed by atoms with Crippen molar-refractivity contribution in [2.45, 2.75) is 31.7 Å². The van der Waals surface area contributed by atoms with E-state index in [9.17, 15) is 4.79 Å². The quantitative estimate of drug-likeness (QED) is 0.840. The van der Waals surface area contributed by atoms with Gasteiger partial charge in [0.25, 0.3) is 0 Å². The van der Waals surface area contributed by atoms with Gasteiger partial charge >= 0.3 is 0 Å². The number of para-hydroxylation sites is 1. The van der Waals surface area contributed by atoms with Crippen LogP contribution in [-0.4, -0.2) is 10.5 Å². The van der Waals surface area contributed by atoms with Gasteiger partial charge in [0.2, 0.25) is 5.91 Å². The van der Waals surface area contributed by atoms with Crippen LogP contribution in [0.5, 0.6) is 0 Å². The van der Waals surface area contributed by atoms with Crippen molar-refractivity contribution in [1.29, 1.82) is 0 Å². The van der Waals surface area contributed by atoms with Gasteiger partial charge in [0.05, 0.1) is 0 Å². The van der Waals surface area contributed by atoms with Gasteiger partial charge in [-0.2, -0.15) is 0 Å². The molecule has 1 saturated carbocycles. The number of aromatic nitrogens is 1. The van der Waals surface area contributed by atoms with Crippen molar-refractivity contribution >= 4 is 22.9 Å². The molecule has 19 heavy (non-hydrogen) atoms. The zero-order chi connectivity index (χ0) is 13.2. The number of hydrogen-bond acceptors (Lipinski definition) is 1. The zero-order valence-electron chi connectivity index (χ0n) is 10.9. The second-order valence-electron chi connectivity index (χ2n) is 5.18. The van der Waals surface area contributed by atoms with Gasteiger partial charge in [-0.15, -0.1) is 0 Å². The molecule has 2 aromatic rings. The molecule has 0 spiro atoms. The Balaban J connectivity index is 2.10. The monoisotopic (exact) mass is 254 g/mol. The maximum Gasteiger partial charge on any atom is 0.241 e. The molecule has 1 aliphatic carbocycles. The molecule has 0 radical (unpaired) electrons. The van der Waals surface area contributed by atoms with Gasteiger partial charge in [0.15, 0.2) is 0 Å². The summed E-state index contributed by atoms with van der Waals surface area (Å²) < 4.78 is 2.36. The normalized spacial score (nSPS) is 16.6. The number of primary amides is 1. The van der Waals surface area contributed by atoms with E-state index in [2.05, 4.69) is 29.0 Å². The Morgan fingerprint density at radius 2 is 2.00 bits per heavy atom. The van der Waals surface area contributed by atoms with Crippen molar-refractivity contribution < 1.29 is 4.79 Å². The molecule has 2 N–H and O–H groups in total. The van der Waals surface area contributed by atoms with Crippen molar-refractivity contribution in [2.24, 2.45) is 5.73 Å². The third kappa shape index (κ3) is 2.28. The fourth-order valence-corrected chi connectivity index (χ4v) is 3.02. The molecule has 0 unspecified atom stereocenters. The van der Waals surface area contributed by atoms with Crippen LogP contribution in [0.25, 0.3) is 17.0 Å². The Kier molecular flexibility index (Phi) is 3.11. The predicted molar refractivity (Wildman–Crippen MR) is 77.7 cm³/mol. The summed E-state index contributed by atoms with van der Waals surface area (Å²) >= 11 is 0. The van der Waals surface area contributed by atoms with E-state index in [0.717, 1.165) is 5.56 Å². The lowest BCUT2D eigenvalue weighted by Crippen LogP contribution is -2.05. The van der Waals surface area contributed by atoms with E-state index in [-0.39, 0.29) is 0 Å². The van der Waals surface area contributed by atoms with E-state index in [4.69, 9.17) is 5.73 Å². The number of amides is 1. The molecule has 3 nitrogen and oxygen atoms in total. The number of carbonyl (C=O) groups is 1. The third-order valence-corrected chi connectivity index (χ3v) is 3.92. The van der Waals surface area contributed by atoms with E-state index in [1.165, 1.54) is 42.7 Å². The van der Waals surface area contributed by atoms with Crippen LogP contribution in [0.2, 0.25) is 0 Å². The van der Waals surface area contributed by atoms with Gasteiger partial charge in [0, 0.05) is 34.8 Å². The second-order valence-corrected chi connectivity index (χ2v) is 5.18. The summed E-state index contributed by atoms with van der Waals surface area (Å²) in [5.41, 5.74) is 7.50. The van der Waals surface area contributed by atoms with Crippen LogP contribution in [0.1, 0.15) is 37.3 Å². The first-order valence-electron chi connectivity index (χ1n) is 6.83. The Bertz CT molecular complexity index is 633. The van der Waals surface area contributed by atoms with E-state index >= 15 is 0 Å². The summed E-state index contributed by atoms with van der Waals surface area (Å²) in [6, 6.07) is 8.94. The number of rotatable bonds is 3. The number of fused-ring (bicyclic) bond motifs is 1. The molecular formula is C16H18N2O. The SMILES string of the molecule is NC(=O)/C=C\c1cn(C2CCCC2)c2ccccc12. The number of hydrogen-bond donors (Lipinski definition) is 1. The van der Waals surface area contributed by atoms with Crippen molar-refractivity contribution in [2.75, 3.05) is 0 Å². The minimum Gasteiger partial charge on any atom is -0.366 e. The Morgan fingerprint density at radius 3 is 2.74 bits per heavy atom. The maximum absolute atomic E-state index is 10.9. The molecule has 0 aliphatic heterocycles. The van der Waals surface area contributed by atoms with Crippen LogP contribution in [-0.2, 0) is 4.79 Å². The second kappa shape index (κ2) is 4.92. The highest BCUT2D eigenvalue weighted by Crippen LogP contribution is 2.34. The molecule has 0 bridgehead atoms. The van der Waals surface area contributed by atoms with Crippen LogP contribution in [0.4, 0.5) is 0 Å². The first kappa shape index (κ1) is 12.0. The fourth-order valence-electron chi connectivity index (χ4n) is 3.02. The molecule has 1 heterocycles. The van der Waals surface area contributed by atoms with Crippen molar-refractivity contribution in [3.8, 4) is 0 Å². The topological polar surface area (TPSA) is 48.0 Å². The van der Waals surface area contributed by atoms with Gasteiger partial charge < -0.3 is 10.3 Å². The lowest BCUT2D eigenvalue weighted by atomic mass is 10.1. The van der Waals surface area contributed by atoms with Crippen LogP contribution in [0.15, 0.2) is 36.5 Å². The van der Waals surface area contributed by atoms with Gasteiger partial charge in [-0.3, -0.25) is 4.79 Å².